The van der Waals surface area contributed by atoms with Crippen LogP contribution >= 0.6 is 0 Å². The number of tetrazole rings is 1. The molecule has 2 heterocycles. The lowest BCUT2D eigenvalue weighted by molar-refractivity contribution is 0.881. The van der Waals surface area contributed by atoms with Gasteiger partial charge in [-0.2, -0.15) is 10.5 Å². The summed E-state index contributed by atoms with van der Waals surface area (Å²) in [6.45, 7) is 0. The monoisotopic (exact) mass is 213 g/mol. The van der Waals surface area contributed by atoms with Crippen molar-refractivity contribution in [2.24, 2.45) is 4.99 Å². The first-order chi connectivity index (χ1) is 7.90. The van der Waals surface area contributed by atoms with Crippen LogP contribution in [0.15, 0.2) is 29.4 Å². The average Bonchev–Trinajstić information content (AvgIpc) is 2.85. The molecule has 0 aromatic carbocycles. The number of nitrogens with one attached hydrogen (secondary N) is 1. The van der Waals surface area contributed by atoms with Gasteiger partial charge in [0, 0.05) is 12.4 Å². The molecular formula is C9H7N7. The number of aromatic amines is 1. The van der Waals surface area contributed by atoms with Crippen LogP contribution in [0.25, 0.3) is 0 Å². The summed E-state index contributed by atoms with van der Waals surface area (Å²) in [5.41, 5.74) is 0. The minimum Gasteiger partial charge on any atom is -0.240 e. The van der Waals surface area contributed by atoms with Crippen LogP contribution in [0.5, 0.6) is 0 Å². The van der Waals surface area contributed by atoms with Crippen molar-refractivity contribution >= 4 is 12.0 Å². The van der Waals surface area contributed by atoms with Crippen LogP contribution in [-0.2, 0) is 0 Å². The Morgan fingerprint density at radius 1 is 1.50 bits per heavy atom. The summed E-state index contributed by atoms with van der Waals surface area (Å²) >= 11 is 0. The summed E-state index contributed by atoms with van der Waals surface area (Å²) in [6, 6.07) is 7.36. The molecule has 16 heavy (non-hydrogen) atoms. The van der Waals surface area contributed by atoms with Crippen molar-refractivity contribution in [3.8, 4) is 6.07 Å². The second kappa shape index (κ2) is 4.75. The minimum absolute atomic E-state index is 0.294. The first-order valence-electron chi connectivity index (χ1n) is 4.48. The molecule has 0 amide bonds. The third-order valence-corrected chi connectivity index (χ3v) is 1.78. The predicted octanol–water partition coefficient (Wildman–Crippen LogP) is 0.604. The molecule has 7 nitrogen and oxygen atoms in total. The van der Waals surface area contributed by atoms with E-state index in [4.69, 9.17) is 5.26 Å². The quantitative estimate of drug-likeness (QED) is 0.752. The molecule has 78 valence electrons. The number of hydrogen-bond acceptors (Lipinski definition) is 6. The first kappa shape index (κ1) is 9.92. The number of rotatable bonds is 3. The Hall–Kier alpha value is -2.62. The Kier molecular flexibility index (Phi) is 2.94. The van der Waals surface area contributed by atoms with Gasteiger partial charge in [0.25, 0.3) is 0 Å². The summed E-state index contributed by atoms with van der Waals surface area (Å²) in [5, 5.41) is 22.0. The zero-order chi connectivity index (χ0) is 11.2. The second-order valence-electron chi connectivity index (χ2n) is 2.84. The Morgan fingerprint density at radius 2 is 2.44 bits per heavy atom. The van der Waals surface area contributed by atoms with E-state index < -0.39 is 5.92 Å². The highest BCUT2D eigenvalue weighted by atomic mass is 15.5. The van der Waals surface area contributed by atoms with Gasteiger partial charge in [-0.05, 0) is 12.1 Å². The smallest absolute Gasteiger partial charge is 0.197 e. The van der Waals surface area contributed by atoms with Crippen LogP contribution in [0.2, 0.25) is 0 Å². The van der Waals surface area contributed by atoms with Crippen molar-refractivity contribution in [3.63, 3.8) is 0 Å². The molecule has 2 aromatic rings. The molecule has 0 aliphatic heterocycles. The number of aromatic nitrogens is 5. The lowest BCUT2D eigenvalue weighted by Gasteiger charge is -1.94. The summed E-state index contributed by atoms with van der Waals surface area (Å²) in [7, 11) is 0. The molecule has 0 saturated carbocycles. The zero-order valence-corrected chi connectivity index (χ0v) is 8.15. The molecule has 7 heteroatoms. The molecule has 1 atom stereocenters. The fourth-order valence-corrected chi connectivity index (χ4v) is 1.04. The normalized spacial score (nSPS) is 12.4. The van der Waals surface area contributed by atoms with Gasteiger partial charge in [0.1, 0.15) is 5.92 Å². The highest BCUT2D eigenvalue weighted by Gasteiger charge is 2.12. The fraction of sp³-hybridized carbons (Fsp3) is 0.111. The van der Waals surface area contributed by atoms with Crippen LogP contribution in [0.4, 0.5) is 5.82 Å². The molecule has 1 N–H and O–H groups in total. The number of pyridine rings is 1. The number of hydrogen-bond donors (Lipinski definition) is 1. The van der Waals surface area contributed by atoms with E-state index in [9.17, 15) is 0 Å². The molecule has 0 radical (unpaired) electrons. The van der Waals surface area contributed by atoms with Crippen LogP contribution in [0.1, 0.15) is 11.7 Å². The third kappa shape index (κ3) is 2.24. The number of nitrogens with zero attached hydrogens (tertiary/aromatic N) is 6. The number of aliphatic imine (C=N–C) groups is 1. The van der Waals surface area contributed by atoms with E-state index in [0.29, 0.717) is 11.6 Å². The fourth-order valence-electron chi connectivity index (χ4n) is 1.04. The van der Waals surface area contributed by atoms with Gasteiger partial charge in [0.05, 0.1) is 6.07 Å². The maximum Gasteiger partial charge on any atom is 0.197 e. The molecule has 0 aliphatic carbocycles. The Labute approximate surface area is 90.9 Å². The molecule has 2 aromatic heterocycles. The largest absolute Gasteiger partial charge is 0.240 e. The van der Waals surface area contributed by atoms with Crippen LogP contribution in [0, 0.1) is 11.3 Å². The summed E-state index contributed by atoms with van der Waals surface area (Å²) in [4.78, 5) is 8.05. The molecule has 0 fully saturated rings. The molecule has 1 unspecified atom stereocenters. The highest BCUT2D eigenvalue weighted by molar-refractivity contribution is 5.72. The summed E-state index contributed by atoms with van der Waals surface area (Å²) < 4.78 is 0. The maximum absolute atomic E-state index is 8.89. The lowest BCUT2D eigenvalue weighted by Crippen LogP contribution is -1.99. The van der Waals surface area contributed by atoms with Gasteiger partial charge in [-0.15, -0.1) is 10.2 Å². The maximum atomic E-state index is 8.89. The van der Waals surface area contributed by atoms with E-state index in [1.165, 1.54) is 6.21 Å². The standard InChI is InChI=1S/C9H7N7/c10-5-7(9-13-15-16-14-9)6-12-8-3-1-2-4-11-8/h1-4,6-7H,(H,13,14,15,16). The third-order valence-electron chi connectivity index (χ3n) is 1.78. The molecule has 0 bridgehead atoms. The van der Waals surface area contributed by atoms with Gasteiger partial charge in [0.2, 0.25) is 0 Å². The molecule has 0 aliphatic rings. The average molecular weight is 213 g/mol. The minimum atomic E-state index is -0.624. The SMILES string of the molecule is N#CC(C=Nc1ccccn1)c1nn[nH]n1. The van der Waals surface area contributed by atoms with Crippen molar-refractivity contribution in [3.05, 3.63) is 30.2 Å². The molecular weight excluding hydrogens is 206 g/mol. The second-order valence-corrected chi connectivity index (χ2v) is 2.84. The van der Waals surface area contributed by atoms with Crippen LogP contribution in [0.3, 0.4) is 0 Å². The Bertz CT molecular complexity index is 496. The Morgan fingerprint density at radius 3 is 3.06 bits per heavy atom. The summed E-state index contributed by atoms with van der Waals surface area (Å²) in [5.74, 6) is 0.203. The van der Waals surface area contributed by atoms with E-state index in [2.05, 4.69) is 30.6 Å². The van der Waals surface area contributed by atoms with Crippen molar-refractivity contribution < 1.29 is 0 Å². The first-order valence-corrected chi connectivity index (χ1v) is 4.48. The van der Waals surface area contributed by atoms with Gasteiger partial charge in [-0.25, -0.2) is 9.98 Å². The van der Waals surface area contributed by atoms with Crippen molar-refractivity contribution in [2.75, 3.05) is 0 Å². The van der Waals surface area contributed by atoms with E-state index in [0.717, 1.165) is 0 Å². The molecule has 0 spiro atoms. The van der Waals surface area contributed by atoms with Gasteiger partial charge in [0.15, 0.2) is 11.6 Å². The van der Waals surface area contributed by atoms with Gasteiger partial charge < -0.3 is 0 Å². The summed E-state index contributed by atoms with van der Waals surface area (Å²) in [6.07, 6.45) is 3.07. The predicted molar refractivity (Wildman–Crippen MR) is 54.9 cm³/mol. The van der Waals surface area contributed by atoms with Crippen LogP contribution in [-0.4, -0.2) is 31.8 Å². The van der Waals surface area contributed by atoms with E-state index in [1.54, 1.807) is 18.3 Å². The van der Waals surface area contributed by atoms with Crippen molar-refractivity contribution in [1.82, 2.24) is 25.6 Å². The van der Waals surface area contributed by atoms with Gasteiger partial charge in [-0.1, -0.05) is 11.3 Å². The van der Waals surface area contributed by atoms with E-state index >= 15 is 0 Å². The molecule has 2 rings (SSSR count). The highest BCUT2D eigenvalue weighted by Crippen LogP contribution is 2.09. The zero-order valence-electron chi connectivity index (χ0n) is 8.15. The number of H-pyrrole nitrogens is 1. The number of nitriles is 1. The van der Waals surface area contributed by atoms with E-state index in [1.807, 2.05) is 12.1 Å². The Balaban J connectivity index is 2.15. The molecule has 0 saturated heterocycles. The van der Waals surface area contributed by atoms with Gasteiger partial charge in [-0.3, -0.25) is 0 Å². The topological polar surface area (TPSA) is 103 Å². The van der Waals surface area contributed by atoms with Crippen LogP contribution < -0.4 is 0 Å². The van der Waals surface area contributed by atoms with E-state index in [-0.39, 0.29) is 0 Å². The van der Waals surface area contributed by atoms with Crippen molar-refractivity contribution in [1.29, 1.82) is 5.26 Å². The van der Waals surface area contributed by atoms with Crippen molar-refractivity contribution in [2.45, 2.75) is 5.92 Å². The van der Waals surface area contributed by atoms with Gasteiger partial charge >= 0.3 is 0 Å². The lowest BCUT2D eigenvalue weighted by atomic mass is 10.2.